The van der Waals surface area contributed by atoms with Crippen LogP contribution >= 0.6 is 11.9 Å². The molecule has 2 aromatic heterocycles. The average molecular weight is 416 g/mol. The molecule has 1 aliphatic rings. The summed E-state index contributed by atoms with van der Waals surface area (Å²) in [5.74, 6) is -0.829. The van der Waals surface area contributed by atoms with Crippen molar-refractivity contribution in [2.24, 2.45) is 5.41 Å². The molecule has 1 saturated carbocycles. The molecular weight excluding hydrogens is 388 g/mol. The fraction of sp³-hybridized carbons (Fsp3) is 0.435. The van der Waals surface area contributed by atoms with Crippen LogP contribution in [0.15, 0.2) is 36.8 Å². The Balaban J connectivity index is 1.81. The molecule has 29 heavy (non-hydrogen) atoms. The van der Waals surface area contributed by atoms with Crippen molar-refractivity contribution in [1.82, 2.24) is 14.3 Å². The normalized spacial score (nSPS) is 15.8. The smallest absolute Gasteiger partial charge is 0.142 e. The summed E-state index contributed by atoms with van der Waals surface area (Å²) >= 11 is 1.78. The molecule has 1 fully saturated rings. The third-order valence-electron chi connectivity index (χ3n) is 5.06. The zero-order chi connectivity index (χ0) is 20.8. The number of pyridine rings is 1. The van der Waals surface area contributed by atoms with Gasteiger partial charge in [0.25, 0.3) is 0 Å². The van der Waals surface area contributed by atoms with Gasteiger partial charge in [-0.2, -0.15) is 0 Å². The number of hydrogen-bond acceptors (Lipinski definition) is 3. The number of hydrogen-bond donors (Lipinski definition) is 1. The monoisotopic (exact) mass is 415 g/mol. The van der Waals surface area contributed by atoms with Crippen LogP contribution in [0.3, 0.4) is 0 Å². The molecular formula is C23H27F2N3S. The lowest BCUT2D eigenvalue weighted by molar-refractivity contribution is 0.349. The highest BCUT2D eigenvalue weighted by molar-refractivity contribution is 7.98. The fourth-order valence-corrected chi connectivity index (χ4v) is 4.45. The number of nitrogens with one attached hydrogen (secondary N) is 1. The molecule has 0 bridgehead atoms. The topological polar surface area (TPSA) is 29.9 Å². The third kappa shape index (κ3) is 4.64. The number of halogens is 2. The SMILES string of the molecule is CC(NSC1CC1)c1cn(CC(C)(C)C)c2cc(-c3cncc(F)c3)c(F)cc12. The molecule has 2 heterocycles. The fourth-order valence-electron chi connectivity index (χ4n) is 3.55. The van der Waals surface area contributed by atoms with Gasteiger partial charge < -0.3 is 4.57 Å². The van der Waals surface area contributed by atoms with Gasteiger partial charge in [0.05, 0.1) is 6.20 Å². The van der Waals surface area contributed by atoms with Crippen LogP contribution in [0.25, 0.3) is 22.0 Å². The van der Waals surface area contributed by atoms with Crippen LogP contribution in [-0.2, 0) is 6.54 Å². The van der Waals surface area contributed by atoms with Crippen LogP contribution < -0.4 is 4.72 Å². The number of benzene rings is 1. The molecule has 154 valence electrons. The van der Waals surface area contributed by atoms with E-state index in [4.69, 9.17) is 0 Å². The molecule has 1 atom stereocenters. The largest absolute Gasteiger partial charge is 0.347 e. The third-order valence-corrected chi connectivity index (χ3v) is 6.36. The molecule has 4 rings (SSSR count). The standard InChI is InChI=1S/C23H27F2N3S/c1-14(27-29-17-5-6-17)20-12-28(13-23(2,3)4)22-9-18(21(25)8-19(20)22)15-7-16(24)11-26-10-15/h7-12,14,17,27H,5-6,13H2,1-4H3. The van der Waals surface area contributed by atoms with Crippen molar-refractivity contribution in [1.29, 1.82) is 0 Å². The van der Waals surface area contributed by atoms with Crippen LogP contribution in [0, 0.1) is 17.0 Å². The van der Waals surface area contributed by atoms with Gasteiger partial charge >= 0.3 is 0 Å². The van der Waals surface area contributed by atoms with Crippen LogP contribution in [0.1, 0.15) is 52.1 Å². The van der Waals surface area contributed by atoms with Crippen LogP contribution in [0.2, 0.25) is 0 Å². The lowest BCUT2D eigenvalue weighted by atomic mass is 9.97. The quantitative estimate of drug-likeness (QED) is 0.467. The molecule has 0 aliphatic heterocycles. The van der Waals surface area contributed by atoms with Gasteiger partial charge in [0.1, 0.15) is 11.6 Å². The molecule has 0 amide bonds. The van der Waals surface area contributed by atoms with E-state index in [0.29, 0.717) is 16.4 Å². The predicted molar refractivity (Wildman–Crippen MR) is 117 cm³/mol. The second-order valence-corrected chi connectivity index (χ2v) is 10.3. The summed E-state index contributed by atoms with van der Waals surface area (Å²) in [6.07, 6.45) is 7.28. The van der Waals surface area contributed by atoms with Crippen molar-refractivity contribution in [3.05, 3.63) is 54.0 Å². The Labute approximate surface area is 175 Å². The molecule has 0 saturated heterocycles. The van der Waals surface area contributed by atoms with Crippen molar-refractivity contribution >= 4 is 22.9 Å². The van der Waals surface area contributed by atoms with Gasteiger partial charge in [-0.05, 0) is 48.9 Å². The van der Waals surface area contributed by atoms with E-state index in [9.17, 15) is 4.39 Å². The summed E-state index contributed by atoms with van der Waals surface area (Å²) in [6, 6.07) is 4.85. The Kier molecular flexibility index (Phi) is 5.42. The van der Waals surface area contributed by atoms with Gasteiger partial charge in [0.2, 0.25) is 0 Å². The molecule has 0 radical (unpaired) electrons. The van der Waals surface area contributed by atoms with Gasteiger partial charge in [-0.3, -0.25) is 9.71 Å². The number of fused-ring (bicyclic) bond motifs is 1. The Morgan fingerprint density at radius 1 is 1.21 bits per heavy atom. The molecule has 1 aliphatic carbocycles. The first-order chi connectivity index (χ1) is 13.7. The first-order valence-corrected chi connectivity index (χ1v) is 10.9. The van der Waals surface area contributed by atoms with Gasteiger partial charge in [0, 0.05) is 52.3 Å². The maximum Gasteiger partial charge on any atom is 0.142 e. The van der Waals surface area contributed by atoms with Gasteiger partial charge in [-0.1, -0.05) is 32.7 Å². The molecule has 3 aromatic rings. The molecule has 1 N–H and O–H groups in total. The van der Waals surface area contributed by atoms with Crippen LogP contribution in [0.5, 0.6) is 0 Å². The highest BCUT2D eigenvalue weighted by atomic mass is 32.2. The minimum atomic E-state index is -0.470. The highest BCUT2D eigenvalue weighted by Gasteiger charge is 2.25. The van der Waals surface area contributed by atoms with Crippen molar-refractivity contribution in [2.75, 3.05) is 0 Å². The summed E-state index contributed by atoms with van der Waals surface area (Å²) in [7, 11) is 0. The minimum Gasteiger partial charge on any atom is -0.347 e. The van der Waals surface area contributed by atoms with Crippen molar-refractivity contribution in [3.8, 4) is 11.1 Å². The molecule has 3 nitrogen and oxygen atoms in total. The van der Waals surface area contributed by atoms with E-state index >= 15 is 4.39 Å². The second-order valence-electron chi connectivity index (χ2n) is 9.17. The molecule has 1 unspecified atom stereocenters. The van der Waals surface area contributed by atoms with E-state index in [-0.39, 0.29) is 17.3 Å². The number of aromatic nitrogens is 2. The van der Waals surface area contributed by atoms with E-state index in [1.807, 2.05) is 6.07 Å². The predicted octanol–water partition coefficient (Wildman–Crippen LogP) is 6.49. The summed E-state index contributed by atoms with van der Waals surface area (Å²) in [5.41, 5.74) is 2.93. The number of rotatable bonds is 6. The highest BCUT2D eigenvalue weighted by Crippen LogP contribution is 2.37. The van der Waals surface area contributed by atoms with Crippen molar-refractivity contribution < 1.29 is 8.78 Å². The summed E-state index contributed by atoms with van der Waals surface area (Å²) in [5, 5.41) is 1.60. The molecule has 6 heteroatoms. The van der Waals surface area contributed by atoms with Crippen molar-refractivity contribution in [3.63, 3.8) is 0 Å². The van der Waals surface area contributed by atoms with E-state index in [2.05, 4.69) is 48.2 Å². The number of nitrogens with zero attached hydrogens (tertiary/aromatic N) is 2. The van der Waals surface area contributed by atoms with E-state index in [0.717, 1.165) is 29.2 Å². The van der Waals surface area contributed by atoms with Gasteiger partial charge in [-0.15, -0.1) is 0 Å². The Morgan fingerprint density at radius 2 is 1.97 bits per heavy atom. The first-order valence-electron chi connectivity index (χ1n) is 10.1. The zero-order valence-electron chi connectivity index (χ0n) is 17.3. The Hall–Kier alpha value is -1.92. The Bertz CT molecular complexity index is 1030. The lowest BCUT2D eigenvalue weighted by Crippen LogP contribution is -2.15. The first kappa shape index (κ1) is 20.4. The maximum atomic E-state index is 15.1. The van der Waals surface area contributed by atoms with Crippen LogP contribution in [0.4, 0.5) is 8.78 Å². The summed E-state index contributed by atoms with van der Waals surface area (Å²) in [4.78, 5) is 3.88. The van der Waals surface area contributed by atoms with E-state index in [1.165, 1.54) is 25.1 Å². The summed E-state index contributed by atoms with van der Waals surface area (Å²) in [6.45, 7) is 9.48. The molecule has 0 spiro atoms. The van der Waals surface area contributed by atoms with Crippen LogP contribution in [-0.4, -0.2) is 14.8 Å². The van der Waals surface area contributed by atoms with Crippen molar-refractivity contribution in [2.45, 2.75) is 58.4 Å². The zero-order valence-corrected chi connectivity index (χ0v) is 18.1. The van der Waals surface area contributed by atoms with E-state index < -0.39 is 5.82 Å². The summed E-state index contributed by atoms with van der Waals surface area (Å²) < 4.78 is 34.4. The minimum absolute atomic E-state index is 0.0671. The molecule has 1 aromatic carbocycles. The maximum absolute atomic E-state index is 15.1. The second kappa shape index (κ2) is 7.73. The Morgan fingerprint density at radius 3 is 2.62 bits per heavy atom. The van der Waals surface area contributed by atoms with E-state index in [1.54, 1.807) is 18.0 Å². The lowest BCUT2D eigenvalue weighted by Gasteiger charge is -2.20. The van der Waals surface area contributed by atoms with Gasteiger partial charge in [-0.25, -0.2) is 8.78 Å². The van der Waals surface area contributed by atoms with Gasteiger partial charge in [0.15, 0.2) is 0 Å². The average Bonchev–Trinajstić information content (AvgIpc) is 3.41.